The minimum absolute atomic E-state index is 0.0297. The van der Waals surface area contributed by atoms with E-state index < -0.39 is 6.10 Å². The van der Waals surface area contributed by atoms with Crippen LogP contribution in [0.1, 0.15) is 26.3 Å². The highest BCUT2D eigenvalue weighted by atomic mass is 16.5. The zero-order valence-corrected chi connectivity index (χ0v) is 12.7. The highest BCUT2D eigenvalue weighted by Gasteiger charge is 2.12. The van der Waals surface area contributed by atoms with Gasteiger partial charge in [0.15, 0.2) is 0 Å². The molecule has 110 valence electrons. The van der Waals surface area contributed by atoms with Crippen molar-refractivity contribution in [3.8, 4) is 5.75 Å². The molecule has 1 N–H and O–H groups in total. The predicted octanol–water partition coefficient (Wildman–Crippen LogP) is 3.69. The van der Waals surface area contributed by atoms with Gasteiger partial charge in [0.2, 0.25) is 0 Å². The molecule has 0 radical (unpaired) electrons. The SMILES string of the molecule is CC=C(C)C(O)C(C)C=COCc1ccc(OC)cc1. The fourth-order valence-electron chi connectivity index (χ4n) is 1.74. The van der Waals surface area contributed by atoms with Crippen LogP contribution in [0.15, 0.2) is 48.3 Å². The van der Waals surface area contributed by atoms with Gasteiger partial charge in [0.1, 0.15) is 12.4 Å². The van der Waals surface area contributed by atoms with Crippen LogP contribution in [0.3, 0.4) is 0 Å². The summed E-state index contributed by atoms with van der Waals surface area (Å²) >= 11 is 0. The number of benzene rings is 1. The third kappa shape index (κ3) is 5.10. The summed E-state index contributed by atoms with van der Waals surface area (Å²) in [5.74, 6) is 0.866. The van der Waals surface area contributed by atoms with Crippen LogP contribution < -0.4 is 4.74 Å². The molecule has 1 aromatic rings. The van der Waals surface area contributed by atoms with Gasteiger partial charge in [-0.1, -0.05) is 25.1 Å². The van der Waals surface area contributed by atoms with Gasteiger partial charge in [-0.3, -0.25) is 0 Å². The molecule has 0 fully saturated rings. The molecule has 0 aliphatic rings. The average molecular weight is 276 g/mol. The number of allylic oxidation sites excluding steroid dienone is 1. The largest absolute Gasteiger partial charge is 0.497 e. The van der Waals surface area contributed by atoms with Crippen molar-refractivity contribution < 1.29 is 14.6 Å². The van der Waals surface area contributed by atoms with E-state index in [2.05, 4.69) is 0 Å². The second-order valence-corrected chi connectivity index (χ2v) is 4.82. The first-order valence-corrected chi connectivity index (χ1v) is 6.80. The van der Waals surface area contributed by atoms with Gasteiger partial charge in [-0.05, 0) is 43.2 Å². The molecular formula is C17H24O3. The Morgan fingerprint density at radius 2 is 1.95 bits per heavy atom. The van der Waals surface area contributed by atoms with Crippen molar-refractivity contribution in [3.63, 3.8) is 0 Å². The van der Waals surface area contributed by atoms with E-state index in [0.717, 1.165) is 16.9 Å². The maximum Gasteiger partial charge on any atom is 0.118 e. The van der Waals surface area contributed by atoms with Crippen molar-refractivity contribution >= 4 is 0 Å². The fourth-order valence-corrected chi connectivity index (χ4v) is 1.74. The molecule has 3 nitrogen and oxygen atoms in total. The third-order valence-corrected chi connectivity index (χ3v) is 3.31. The predicted molar refractivity (Wildman–Crippen MR) is 81.5 cm³/mol. The van der Waals surface area contributed by atoms with E-state index in [1.165, 1.54) is 0 Å². The molecule has 2 unspecified atom stereocenters. The number of methoxy groups -OCH3 is 1. The number of rotatable bonds is 7. The van der Waals surface area contributed by atoms with Crippen LogP contribution in [0, 0.1) is 5.92 Å². The maximum absolute atomic E-state index is 9.97. The number of aliphatic hydroxyl groups is 1. The molecule has 0 saturated heterocycles. The van der Waals surface area contributed by atoms with Gasteiger partial charge in [-0.15, -0.1) is 0 Å². The Kier molecular flexibility index (Phi) is 6.88. The second-order valence-electron chi connectivity index (χ2n) is 4.82. The minimum atomic E-state index is -0.458. The molecular weight excluding hydrogens is 252 g/mol. The van der Waals surface area contributed by atoms with Crippen molar-refractivity contribution in [2.45, 2.75) is 33.5 Å². The molecule has 20 heavy (non-hydrogen) atoms. The molecule has 0 spiro atoms. The first kappa shape index (κ1) is 16.3. The molecule has 0 aliphatic carbocycles. The Bertz CT molecular complexity index is 446. The molecule has 0 bridgehead atoms. The molecule has 0 aromatic heterocycles. The van der Waals surface area contributed by atoms with Crippen molar-refractivity contribution in [2.75, 3.05) is 7.11 Å². The highest BCUT2D eigenvalue weighted by molar-refractivity contribution is 5.26. The highest BCUT2D eigenvalue weighted by Crippen LogP contribution is 2.14. The summed E-state index contributed by atoms with van der Waals surface area (Å²) in [5.41, 5.74) is 2.05. The van der Waals surface area contributed by atoms with Gasteiger partial charge in [-0.25, -0.2) is 0 Å². The van der Waals surface area contributed by atoms with E-state index in [9.17, 15) is 5.11 Å². The molecule has 0 aliphatic heterocycles. The summed E-state index contributed by atoms with van der Waals surface area (Å²) in [6.45, 7) is 6.32. The van der Waals surface area contributed by atoms with Crippen molar-refractivity contribution in [3.05, 3.63) is 53.8 Å². The Balaban J connectivity index is 2.41. The molecule has 0 heterocycles. The third-order valence-electron chi connectivity index (χ3n) is 3.31. The van der Waals surface area contributed by atoms with E-state index in [-0.39, 0.29) is 5.92 Å². The lowest BCUT2D eigenvalue weighted by Crippen LogP contribution is -2.16. The van der Waals surface area contributed by atoms with E-state index >= 15 is 0 Å². The molecule has 1 aromatic carbocycles. The Labute approximate surface area is 121 Å². The smallest absolute Gasteiger partial charge is 0.118 e. The van der Waals surface area contributed by atoms with Crippen LogP contribution in [-0.4, -0.2) is 18.3 Å². The molecule has 0 saturated carbocycles. The first-order valence-electron chi connectivity index (χ1n) is 6.80. The van der Waals surface area contributed by atoms with Crippen LogP contribution in [0.5, 0.6) is 5.75 Å². The van der Waals surface area contributed by atoms with Crippen molar-refractivity contribution in [1.29, 1.82) is 0 Å². The van der Waals surface area contributed by atoms with Crippen LogP contribution >= 0.6 is 0 Å². The quantitative estimate of drug-likeness (QED) is 0.610. The van der Waals surface area contributed by atoms with Gasteiger partial charge in [0.05, 0.1) is 19.5 Å². The van der Waals surface area contributed by atoms with E-state index in [4.69, 9.17) is 9.47 Å². The van der Waals surface area contributed by atoms with Gasteiger partial charge >= 0.3 is 0 Å². The van der Waals surface area contributed by atoms with Crippen molar-refractivity contribution in [2.24, 2.45) is 5.92 Å². The standard InChI is InChI=1S/C17H24O3/c1-5-13(2)17(18)14(3)10-11-20-12-15-6-8-16(19-4)9-7-15/h5-11,14,17-18H,12H2,1-4H3. The van der Waals surface area contributed by atoms with E-state index in [0.29, 0.717) is 6.61 Å². The molecule has 0 amide bonds. The van der Waals surface area contributed by atoms with Crippen LogP contribution in [0.4, 0.5) is 0 Å². The molecule has 3 heteroatoms. The Morgan fingerprint density at radius 1 is 1.30 bits per heavy atom. The Hall–Kier alpha value is -1.74. The topological polar surface area (TPSA) is 38.7 Å². The van der Waals surface area contributed by atoms with E-state index in [1.807, 2.05) is 57.2 Å². The van der Waals surface area contributed by atoms with E-state index in [1.54, 1.807) is 13.4 Å². The number of hydrogen-bond acceptors (Lipinski definition) is 3. The maximum atomic E-state index is 9.97. The summed E-state index contributed by atoms with van der Waals surface area (Å²) < 4.78 is 10.6. The summed E-state index contributed by atoms with van der Waals surface area (Å²) in [5, 5.41) is 9.97. The zero-order valence-electron chi connectivity index (χ0n) is 12.7. The Morgan fingerprint density at radius 3 is 2.50 bits per heavy atom. The van der Waals surface area contributed by atoms with Gasteiger partial charge in [-0.2, -0.15) is 0 Å². The molecule has 1 rings (SSSR count). The summed E-state index contributed by atoms with van der Waals surface area (Å²) in [7, 11) is 1.65. The van der Waals surface area contributed by atoms with Gasteiger partial charge in [0, 0.05) is 5.92 Å². The average Bonchev–Trinajstić information content (AvgIpc) is 2.50. The number of ether oxygens (including phenoxy) is 2. The zero-order chi connectivity index (χ0) is 15.0. The second kappa shape index (κ2) is 8.43. The van der Waals surface area contributed by atoms with Gasteiger partial charge in [0.25, 0.3) is 0 Å². The summed E-state index contributed by atoms with van der Waals surface area (Å²) in [6.07, 6.45) is 5.00. The minimum Gasteiger partial charge on any atom is -0.497 e. The van der Waals surface area contributed by atoms with Crippen LogP contribution in [0.25, 0.3) is 0 Å². The normalized spacial score (nSPS) is 15.2. The number of aliphatic hydroxyl groups excluding tert-OH is 1. The molecule has 2 atom stereocenters. The number of hydrogen-bond donors (Lipinski definition) is 1. The lowest BCUT2D eigenvalue weighted by atomic mass is 9.98. The van der Waals surface area contributed by atoms with Crippen LogP contribution in [-0.2, 0) is 11.3 Å². The fraction of sp³-hybridized carbons (Fsp3) is 0.412. The summed E-state index contributed by atoms with van der Waals surface area (Å²) in [6, 6.07) is 7.75. The lowest BCUT2D eigenvalue weighted by Gasteiger charge is -2.15. The van der Waals surface area contributed by atoms with Crippen molar-refractivity contribution in [1.82, 2.24) is 0 Å². The summed E-state index contributed by atoms with van der Waals surface area (Å²) in [4.78, 5) is 0. The first-order chi connectivity index (χ1) is 9.58. The monoisotopic (exact) mass is 276 g/mol. The van der Waals surface area contributed by atoms with Crippen LogP contribution in [0.2, 0.25) is 0 Å². The lowest BCUT2D eigenvalue weighted by molar-refractivity contribution is 0.168. The van der Waals surface area contributed by atoms with Gasteiger partial charge < -0.3 is 14.6 Å².